The highest BCUT2D eigenvalue weighted by atomic mass is 15.2. The fourth-order valence-corrected chi connectivity index (χ4v) is 2.76. The summed E-state index contributed by atoms with van der Waals surface area (Å²) in [6, 6.07) is 1.81. The Balaban J connectivity index is 2.09. The second kappa shape index (κ2) is 2.23. The molecule has 1 heterocycles. The molecule has 58 valence electrons. The van der Waals surface area contributed by atoms with Crippen LogP contribution in [0.1, 0.15) is 32.6 Å². The lowest BCUT2D eigenvalue weighted by molar-refractivity contribution is 0.245. The maximum absolute atomic E-state index is 2.58. The van der Waals surface area contributed by atoms with Crippen LogP contribution in [0, 0.1) is 5.92 Å². The predicted octanol–water partition coefficient (Wildman–Crippen LogP) is 1.88. The number of hydrogen-bond donors (Lipinski definition) is 0. The lowest BCUT2D eigenvalue weighted by Gasteiger charge is -2.21. The van der Waals surface area contributed by atoms with Crippen LogP contribution < -0.4 is 0 Å². The van der Waals surface area contributed by atoms with Crippen molar-refractivity contribution < 1.29 is 0 Å². The van der Waals surface area contributed by atoms with Gasteiger partial charge in [-0.1, -0.05) is 6.42 Å². The molecular weight excluding hydrogens is 122 g/mol. The summed E-state index contributed by atoms with van der Waals surface area (Å²) in [7, 11) is 2.29. The van der Waals surface area contributed by atoms with Gasteiger partial charge in [-0.3, -0.25) is 0 Å². The van der Waals surface area contributed by atoms with E-state index in [0.29, 0.717) is 0 Å². The van der Waals surface area contributed by atoms with Crippen molar-refractivity contribution in [1.82, 2.24) is 4.90 Å². The van der Waals surface area contributed by atoms with E-state index in [-0.39, 0.29) is 0 Å². The number of hydrogen-bond acceptors (Lipinski definition) is 1. The van der Waals surface area contributed by atoms with Gasteiger partial charge in [0.25, 0.3) is 0 Å². The molecule has 0 aromatic carbocycles. The zero-order valence-corrected chi connectivity index (χ0v) is 7.01. The fraction of sp³-hybridized carbons (Fsp3) is 1.00. The third-order valence-electron chi connectivity index (χ3n) is 3.48. The summed E-state index contributed by atoms with van der Waals surface area (Å²) in [5.74, 6) is 1.06. The monoisotopic (exact) mass is 139 g/mol. The molecule has 10 heavy (non-hydrogen) atoms. The first-order valence-electron chi connectivity index (χ1n) is 4.51. The van der Waals surface area contributed by atoms with E-state index >= 15 is 0 Å². The standard InChI is InChI=1S/C9H17N/c1-7-6-8-4-3-5-9(8)10(7)2/h7-9H,3-6H2,1-2H3. The molecular formula is C9H17N. The number of likely N-dealkylation sites (tertiary alicyclic amines) is 1. The lowest BCUT2D eigenvalue weighted by atomic mass is 10.0. The minimum atomic E-state index is 0.857. The van der Waals surface area contributed by atoms with Crippen LogP contribution in [0.15, 0.2) is 0 Å². The van der Waals surface area contributed by atoms with E-state index in [1.165, 1.54) is 25.7 Å². The van der Waals surface area contributed by atoms with Crippen LogP contribution in [0.2, 0.25) is 0 Å². The molecule has 1 saturated carbocycles. The molecule has 1 aliphatic carbocycles. The maximum Gasteiger partial charge on any atom is 0.0124 e. The van der Waals surface area contributed by atoms with Crippen molar-refractivity contribution in [2.24, 2.45) is 5.92 Å². The maximum atomic E-state index is 2.58. The van der Waals surface area contributed by atoms with Gasteiger partial charge in [-0.25, -0.2) is 0 Å². The van der Waals surface area contributed by atoms with Crippen LogP contribution in [-0.4, -0.2) is 24.0 Å². The van der Waals surface area contributed by atoms with E-state index in [4.69, 9.17) is 0 Å². The van der Waals surface area contributed by atoms with E-state index < -0.39 is 0 Å². The zero-order chi connectivity index (χ0) is 7.14. The van der Waals surface area contributed by atoms with Gasteiger partial charge in [-0.15, -0.1) is 0 Å². The molecule has 0 radical (unpaired) electrons. The Labute approximate surface area is 63.4 Å². The topological polar surface area (TPSA) is 3.24 Å². The van der Waals surface area contributed by atoms with Crippen LogP contribution in [0.25, 0.3) is 0 Å². The van der Waals surface area contributed by atoms with E-state index in [1.54, 1.807) is 0 Å². The average Bonchev–Trinajstić information content (AvgIpc) is 2.41. The van der Waals surface area contributed by atoms with Gasteiger partial charge >= 0.3 is 0 Å². The van der Waals surface area contributed by atoms with Gasteiger partial charge < -0.3 is 4.90 Å². The largest absolute Gasteiger partial charge is 0.300 e. The molecule has 0 N–H and O–H groups in total. The molecule has 0 aromatic heterocycles. The van der Waals surface area contributed by atoms with Crippen molar-refractivity contribution in [3.63, 3.8) is 0 Å². The highest BCUT2D eigenvalue weighted by Crippen LogP contribution is 2.39. The van der Waals surface area contributed by atoms with Crippen molar-refractivity contribution in [2.75, 3.05) is 7.05 Å². The first-order valence-corrected chi connectivity index (χ1v) is 4.51. The summed E-state index contributed by atoms with van der Waals surface area (Å²) in [5.41, 5.74) is 0. The fourth-order valence-electron chi connectivity index (χ4n) is 2.76. The van der Waals surface area contributed by atoms with Gasteiger partial charge in [0.2, 0.25) is 0 Å². The van der Waals surface area contributed by atoms with Crippen molar-refractivity contribution >= 4 is 0 Å². The van der Waals surface area contributed by atoms with Gasteiger partial charge in [0.15, 0.2) is 0 Å². The Morgan fingerprint density at radius 1 is 1.30 bits per heavy atom. The normalized spacial score (nSPS) is 48.0. The highest BCUT2D eigenvalue weighted by molar-refractivity contribution is 4.93. The minimum absolute atomic E-state index is 0.857. The molecule has 0 spiro atoms. The molecule has 0 aromatic rings. The third-order valence-corrected chi connectivity index (χ3v) is 3.48. The Kier molecular flexibility index (Phi) is 1.48. The molecule has 2 aliphatic rings. The second-order valence-corrected chi connectivity index (χ2v) is 4.01. The Morgan fingerprint density at radius 2 is 2.10 bits per heavy atom. The Morgan fingerprint density at radius 3 is 2.80 bits per heavy atom. The molecule has 2 rings (SSSR count). The van der Waals surface area contributed by atoms with E-state index in [1.807, 2.05) is 0 Å². The van der Waals surface area contributed by atoms with Gasteiger partial charge in [-0.05, 0) is 39.2 Å². The Hall–Kier alpha value is -0.0400. The zero-order valence-electron chi connectivity index (χ0n) is 7.01. The van der Waals surface area contributed by atoms with E-state index in [9.17, 15) is 0 Å². The molecule has 0 bridgehead atoms. The van der Waals surface area contributed by atoms with Crippen molar-refractivity contribution in [2.45, 2.75) is 44.7 Å². The van der Waals surface area contributed by atoms with Crippen LogP contribution in [0.3, 0.4) is 0 Å². The first-order chi connectivity index (χ1) is 4.79. The summed E-state index contributed by atoms with van der Waals surface area (Å²) < 4.78 is 0. The van der Waals surface area contributed by atoms with Gasteiger partial charge in [0, 0.05) is 12.1 Å². The highest BCUT2D eigenvalue weighted by Gasteiger charge is 2.39. The summed E-state index contributed by atoms with van der Waals surface area (Å²) in [5, 5.41) is 0. The van der Waals surface area contributed by atoms with Crippen molar-refractivity contribution in [3.8, 4) is 0 Å². The summed E-state index contributed by atoms with van der Waals surface area (Å²) in [6.07, 6.45) is 5.90. The molecule has 1 nitrogen and oxygen atoms in total. The SMILES string of the molecule is CC1CC2CCCC2N1C. The van der Waals surface area contributed by atoms with Crippen LogP contribution >= 0.6 is 0 Å². The summed E-state index contributed by atoms with van der Waals surface area (Å²) >= 11 is 0. The number of rotatable bonds is 0. The van der Waals surface area contributed by atoms with Crippen LogP contribution in [0.4, 0.5) is 0 Å². The summed E-state index contributed by atoms with van der Waals surface area (Å²) in [6.45, 7) is 2.36. The van der Waals surface area contributed by atoms with Crippen LogP contribution in [0.5, 0.6) is 0 Å². The van der Waals surface area contributed by atoms with Crippen molar-refractivity contribution in [1.29, 1.82) is 0 Å². The first kappa shape index (κ1) is 6.66. The molecule has 2 fully saturated rings. The van der Waals surface area contributed by atoms with Gasteiger partial charge in [0.05, 0.1) is 0 Å². The number of fused-ring (bicyclic) bond motifs is 1. The average molecular weight is 139 g/mol. The Bertz CT molecular complexity index is 131. The smallest absolute Gasteiger partial charge is 0.0124 e. The quantitative estimate of drug-likeness (QED) is 0.495. The van der Waals surface area contributed by atoms with E-state index in [2.05, 4.69) is 18.9 Å². The third kappa shape index (κ3) is 0.800. The molecule has 1 aliphatic heterocycles. The van der Waals surface area contributed by atoms with Crippen LogP contribution in [-0.2, 0) is 0 Å². The molecule has 3 unspecified atom stereocenters. The van der Waals surface area contributed by atoms with Gasteiger partial charge in [-0.2, -0.15) is 0 Å². The lowest BCUT2D eigenvalue weighted by Crippen LogP contribution is -2.30. The molecule has 1 heteroatoms. The molecule has 1 saturated heterocycles. The number of nitrogens with zero attached hydrogens (tertiary/aromatic N) is 1. The van der Waals surface area contributed by atoms with E-state index in [0.717, 1.165) is 18.0 Å². The minimum Gasteiger partial charge on any atom is -0.300 e. The molecule has 3 atom stereocenters. The predicted molar refractivity (Wildman–Crippen MR) is 43.0 cm³/mol. The summed E-state index contributed by atoms with van der Waals surface area (Å²) in [4.78, 5) is 2.58. The second-order valence-electron chi connectivity index (χ2n) is 4.01. The van der Waals surface area contributed by atoms with Gasteiger partial charge in [0.1, 0.15) is 0 Å². The molecule has 0 amide bonds. The van der Waals surface area contributed by atoms with Crippen molar-refractivity contribution in [3.05, 3.63) is 0 Å².